The molecule has 0 aliphatic heterocycles. The van der Waals surface area contributed by atoms with E-state index in [1.807, 2.05) is 13.0 Å². The van der Waals surface area contributed by atoms with Gasteiger partial charge in [0.2, 0.25) is 0 Å². The molecule has 0 atom stereocenters. The van der Waals surface area contributed by atoms with Gasteiger partial charge in [0.15, 0.2) is 0 Å². The highest BCUT2D eigenvalue weighted by atomic mass is 16.2. The predicted molar refractivity (Wildman–Crippen MR) is 62.3 cm³/mol. The fourth-order valence-corrected chi connectivity index (χ4v) is 0.951. The van der Waals surface area contributed by atoms with Gasteiger partial charge in [0.1, 0.15) is 0 Å². The number of nitrogen functional groups attached to an aromatic ring is 1. The monoisotopic (exact) mass is 209 g/mol. The normalized spacial score (nSPS) is 8.47. The number of urea groups is 1. The van der Waals surface area contributed by atoms with Crippen LogP contribution in [0.4, 0.5) is 16.2 Å². The topological polar surface area (TPSA) is 87.7 Å². The summed E-state index contributed by atoms with van der Waals surface area (Å²) >= 11 is 0. The number of anilines is 2. The number of benzene rings is 1. The van der Waals surface area contributed by atoms with E-state index in [0.29, 0.717) is 11.4 Å². The summed E-state index contributed by atoms with van der Waals surface area (Å²) in [4.78, 5) is 14.0. The molecule has 0 unspecified atom stereocenters. The van der Waals surface area contributed by atoms with E-state index in [1.54, 1.807) is 12.1 Å². The van der Waals surface area contributed by atoms with Crippen LogP contribution in [0.5, 0.6) is 0 Å². The Morgan fingerprint density at radius 1 is 1.53 bits per heavy atom. The molecule has 0 saturated heterocycles. The van der Waals surface area contributed by atoms with Crippen LogP contribution in [0.25, 0.3) is 0 Å². The van der Waals surface area contributed by atoms with Gasteiger partial charge in [-0.3, -0.25) is 0 Å². The second-order valence-electron chi connectivity index (χ2n) is 2.68. The fourth-order valence-electron chi connectivity index (χ4n) is 0.951. The highest BCUT2D eigenvalue weighted by Crippen LogP contribution is 2.19. The van der Waals surface area contributed by atoms with E-state index in [-0.39, 0.29) is 0 Å². The van der Waals surface area contributed by atoms with Gasteiger partial charge in [0, 0.05) is 7.11 Å². The van der Waals surface area contributed by atoms with E-state index in [0.717, 1.165) is 12.7 Å². The zero-order valence-electron chi connectivity index (χ0n) is 8.82. The molecule has 0 fully saturated rings. The van der Waals surface area contributed by atoms with Crippen LogP contribution in [0.2, 0.25) is 0 Å². The largest absolute Gasteiger partial charge is 0.400 e. The zero-order chi connectivity index (χ0) is 11.8. The number of aliphatic imine (C=N–C) groups is 1. The standard InChI is InChI=1S/C9H11N3O.CH4O/c1-6-3-4-8(7(10)5-6)12-9(13)11-2;1-2/h3-5H,2,10H2,1H3,(H,12,13);2H,1H3. The van der Waals surface area contributed by atoms with Crippen LogP contribution < -0.4 is 11.1 Å². The first-order valence-corrected chi connectivity index (χ1v) is 4.22. The van der Waals surface area contributed by atoms with Crippen LogP contribution >= 0.6 is 0 Å². The van der Waals surface area contributed by atoms with Crippen LogP contribution in [-0.4, -0.2) is 25.0 Å². The van der Waals surface area contributed by atoms with Crippen molar-refractivity contribution in [2.24, 2.45) is 4.99 Å². The average molecular weight is 209 g/mol. The third-order valence-corrected chi connectivity index (χ3v) is 1.59. The van der Waals surface area contributed by atoms with Gasteiger partial charge in [0.25, 0.3) is 0 Å². The van der Waals surface area contributed by atoms with Gasteiger partial charge in [0.05, 0.1) is 11.4 Å². The summed E-state index contributed by atoms with van der Waals surface area (Å²) in [6, 6.07) is 4.86. The third-order valence-electron chi connectivity index (χ3n) is 1.59. The van der Waals surface area contributed by atoms with E-state index < -0.39 is 6.03 Å². The SMILES string of the molecule is C=NC(=O)Nc1ccc(C)cc1N.CO. The number of nitrogens with two attached hydrogens (primary N) is 1. The Bertz CT molecular complexity index is 351. The number of rotatable bonds is 1. The molecular formula is C10H15N3O2. The lowest BCUT2D eigenvalue weighted by Gasteiger charge is -2.05. The summed E-state index contributed by atoms with van der Waals surface area (Å²) in [5, 5.41) is 9.49. The van der Waals surface area contributed by atoms with Gasteiger partial charge in [-0.25, -0.2) is 9.79 Å². The van der Waals surface area contributed by atoms with Crippen molar-refractivity contribution in [2.75, 3.05) is 18.2 Å². The summed E-state index contributed by atoms with van der Waals surface area (Å²) in [6.07, 6.45) is 0. The molecular weight excluding hydrogens is 194 g/mol. The Labute approximate surface area is 88.6 Å². The average Bonchev–Trinajstić information content (AvgIpc) is 2.25. The van der Waals surface area contributed by atoms with Crippen molar-refractivity contribution in [1.29, 1.82) is 0 Å². The van der Waals surface area contributed by atoms with Crippen molar-refractivity contribution in [1.82, 2.24) is 0 Å². The zero-order valence-corrected chi connectivity index (χ0v) is 8.82. The molecule has 82 valence electrons. The maximum atomic E-state index is 10.8. The van der Waals surface area contributed by atoms with Crippen LogP contribution in [0.3, 0.4) is 0 Å². The lowest BCUT2D eigenvalue weighted by molar-refractivity contribution is 0.260. The van der Waals surface area contributed by atoms with Crippen molar-refractivity contribution in [3.63, 3.8) is 0 Å². The first-order valence-electron chi connectivity index (χ1n) is 4.22. The van der Waals surface area contributed by atoms with Crippen molar-refractivity contribution >= 4 is 24.1 Å². The molecule has 4 N–H and O–H groups in total. The summed E-state index contributed by atoms with van der Waals surface area (Å²) in [6.45, 7) is 5.03. The number of aliphatic hydroxyl groups is 1. The lowest BCUT2D eigenvalue weighted by atomic mass is 10.2. The number of carbonyl (C=O) groups is 1. The molecule has 1 rings (SSSR count). The highest BCUT2D eigenvalue weighted by molar-refractivity contribution is 5.94. The van der Waals surface area contributed by atoms with Crippen LogP contribution in [0.15, 0.2) is 23.2 Å². The Morgan fingerprint density at radius 3 is 2.60 bits per heavy atom. The van der Waals surface area contributed by atoms with Gasteiger partial charge < -0.3 is 16.2 Å². The van der Waals surface area contributed by atoms with Crippen LogP contribution in [0.1, 0.15) is 5.56 Å². The van der Waals surface area contributed by atoms with Crippen molar-refractivity contribution < 1.29 is 9.90 Å². The highest BCUT2D eigenvalue weighted by Gasteiger charge is 2.01. The Morgan fingerprint density at radius 2 is 2.13 bits per heavy atom. The maximum Gasteiger partial charge on any atom is 0.344 e. The fraction of sp³-hybridized carbons (Fsp3) is 0.200. The minimum Gasteiger partial charge on any atom is -0.400 e. The minimum atomic E-state index is -0.504. The van der Waals surface area contributed by atoms with Crippen molar-refractivity contribution in [3.05, 3.63) is 23.8 Å². The van der Waals surface area contributed by atoms with Gasteiger partial charge in [-0.2, -0.15) is 0 Å². The van der Waals surface area contributed by atoms with Gasteiger partial charge in [-0.05, 0) is 31.3 Å². The first kappa shape index (κ1) is 13.1. The van der Waals surface area contributed by atoms with E-state index in [4.69, 9.17) is 10.8 Å². The van der Waals surface area contributed by atoms with Gasteiger partial charge in [-0.15, -0.1) is 0 Å². The summed E-state index contributed by atoms with van der Waals surface area (Å²) in [5.74, 6) is 0. The molecule has 1 aromatic carbocycles. The minimum absolute atomic E-state index is 0.504. The summed E-state index contributed by atoms with van der Waals surface area (Å²) in [7, 11) is 1.00. The molecule has 15 heavy (non-hydrogen) atoms. The van der Waals surface area contributed by atoms with E-state index in [1.165, 1.54) is 0 Å². The molecule has 0 bridgehead atoms. The van der Waals surface area contributed by atoms with Crippen LogP contribution in [-0.2, 0) is 0 Å². The summed E-state index contributed by atoms with van der Waals surface area (Å²) < 4.78 is 0. The Balaban J connectivity index is 0.000000921. The molecule has 2 amide bonds. The molecule has 0 aliphatic carbocycles. The van der Waals surface area contributed by atoms with Crippen molar-refractivity contribution in [2.45, 2.75) is 6.92 Å². The van der Waals surface area contributed by atoms with E-state index >= 15 is 0 Å². The molecule has 0 aromatic heterocycles. The number of aryl methyl sites for hydroxylation is 1. The molecule has 0 saturated carbocycles. The summed E-state index contributed by atoms with van der Waals surface area (Å²) in [5.41, 5.74) is 7.77. The number of hydrogen-bond acceptors (Lipinski definition) is 3. The predicted octanol–water partition coefficient (Wildman–Crippen LogP) is 1.42. The molecule has 0 spiro atoms. The smallest absolute Gasteiger partial charge is 0.344 e. The number of carbonyl (C=O) groups excluding carboxylic acids is 1. The Kier molecular flexibility index (Phi) is 5.73. The molecule has 1 aromatic rings. The van der Waals surface area contributed by atoms with Gasteiger partial charge >= 0.3 is 6.03 Å². The molecule has 5 nitrogen and oxygen atoms in total. The number of nitrogens with zero attached hydrogens (tertiary/aromatic N) is 1. The van der Waals surface area contributed by atoms with Crippen LogP contribution in [0, 0.1) is 6.92 Å². The molecule has 0 heterocycles. The molecule has 0 radical (unpaired) electrons. The number of amides is 2. The quantitative estimate of drug-likeness (QED) is 0.482. The van der Waals surface area contributed by atoms with Crippen molar-refractivity contribution in [3.8, 4) is 0 Å². The first-order chi connectivity index (χ1) is 7.13. The molecule has 0 aliphatic rings. The number of nitrogens with one attached hydrogen (secondary N) is 1. The lowest BCUT2D eigenvalue weighted by Crippen LogP contribution is -2.07. The second kappa shape index (κ2) is 6.56. The number of aliphatic hydroxyl groups excluding tert-OH is 1. The number of hydrogen-bond donors (Lipinski definition) is 3. The molecule has 5 heteroatoms. The Hall–Kier alpha value is -1.88. The maximum absolute atomic E-state index is 10.8. The third kappa shape index (κ3) is 4.24. The van der Waals surface area contributed by atoms with E-state index in [9.17, 15) is 4.79 Å². The van der Waals surface area contributed by atoms with E-state index in [2.05, 4.69) is 17.0 Å². The van der Waals surface area contributed by atoms with Gasteiger partial charge in [-0.1, -0.05) is 6.07 Å². The second-order valence-corrected chi connectivity index (χ2v) is 2.68.